The number of para-hydroxylation sites is 2. The molecule has 13 rings (SSSR count). The quantitative estimate of drug-likeness (QED) is 0.382. The Labute approximate surface area is 281 Å². The van der Waals surface area contributed by atoms with Crippen LogP contribution in [-0.2, 0) is 29.8 Å². The third-order valence-corrected chi connectivity index (χ3v) is 16.8. The number of nitrogens with one attached hydrogen (secondary N) is 1. The van der Waals surface area contributed by atoms with E-state index >= 15 is 0 Å². The van der Waals surface area contributed by atoms with Crippen molar-refractivity contribution in [2.24, 2.45) is 11.3 Å². The number of carbonyl (C=O) groups is 1. The number of hydrogen-bond acceptors (Lipinski definition) is 8. The fourth-order valence-electron chi connectivity index (χ4n) is 16.0. The van der Waals surface area contributed by atoms with Gasteiger partial charge in [-0.3, -0.25) is 9.80 Å². The van der Waals surface area contributed by atoms with Crippen molar-refractivity contribution in [2.45, 2.75) is 117 Å². The molecule has 8 heteroatoms. The number of benzene rings is 2. The third-order valence-electron chi connectivity index (χ3n) is 16.8. The molecular weight excluding hydrogens is 600 g/mol. The molecule has 1 unspecified atom stereocenters. The van der Waals surface area contributed by atoms with E-state index in [1.54, 1.807) is 7.11 Å². The number of ether oxygens (including phenoxy) is 3. The van der Waals surface area contributed by atoms with Crippen LogP contribution >= 0.6 is 0 Å². The topological polar surface area (TPSA) is 69.8 Å². The minimum absolute atomic E-state index is 0.106. The molecule has 2 aliphatic carbocycles. The van der Waals surface area contributed by atoms with Crippen LogP contribution in [0.3, 0.4) is 0 Å². The number of carbonyl (C=O) groups excluding carboxylic acids is 1. The van der Waals surface area contributed by atoms with Crippen molar-refractivity contribution in [2.75, 3.05) is 37.0 Å². The number of esters is 1. The first-order valence-corrected chi connectivity index (χ1v) is 18.8. The number of epoxide rings is 1. The van der Waals surface area contributed by atoms with E-state index in [9.17, 15) is 4.79 Å². The molecule has 9 heterocycles. The molecule has 4 spiro atoms. The van der Waals surface area contributed by atoms with Gasteiger partial charge < -0.3 is 24.4 Å². The summed E-state index contributed by atoms with van der Waals surface area (Å²) in [5, 5.41) is 3.90. The summed E-state index contributed by atoms with van der Waals surface area (Å²) in [7, 11) is 1.56. The molecule has 13 atom stereocenters. The highest BCUT2D eigenvalue weighted by atomic mass is 16.6. The van der Waals surface area contributed by atoms with Crippen LogP contribution < -0.4 is 10.2 Å². The Hall–Kier alpha value is -2.91. The van der Waals surface area contributed by atoms with Gasteiger partial charge in [0.1, 0.15) is 0 Å². The van der Waals surface area contributed by atoms with Gasteiger partial charge in [0.2, 0.25) is 0 Å². The van der Waals surface area contributed by atoms with E-state index in [1.807, 2.05) is 0 Å². The van der Waals surface area contributed by atoms with Gasteiger partial charge in [0.05, 0.1) is 52.9 Å². The lowest BCUT2D eigenvalue weighted by molar-refractivity contribution is -0.193. The molecule has 0 aromatic heterocycles. The molecule has 2 aromatic carbocycles. The summed E-state index contributed by atoms with van der Waals surface area (Å²) in [6, 6.07) is 19.3. The zero-order chi connectivity index (χ0) is 31.8. The molecule has 11 aliphatic rings. The SMILES string of the molecule is CC[C@]12C[C@]34CC(C(=O)OC)=C5Nc6ccccc6[C@]56CCN3[C@H]1[C@@H]1C[C@]3(CC)[C@@H]5O[C@@H]5CN5CC[C@@]7(c8ccccc8N([C@H]46)[C@@]17O2)[C@@H]53. The number of nitrogens with zero attached hydrogens (tertiary/aromatic N) is 3. The molecule has 6 bridgehead atoms. The number of piperidine rings is 2. The molecular formula is C40H44N4O4. The molecule has 8 nitrogen and oxygen atoms in total. The summed E-state index contributed by atoms with van der Waals surface area (Å²) in [5.41, 5.74) is 5.97. The molecule has 0 radical (unpaired) electrons. The van der Waals surface area contributed by atoms with Crippen molar-refractivity contribution in [3.05, 3.63) is 70.9 Å². The molecule has 248 valence electrons. The fraction of sp³-hybridized carbons (Fsp3) is 0.625. The smallest absolute Gasteiger partial charge is 0.335 e. The normalized spacial score (nSPS) is 52.6. The zero-order valence-electron chi connectivity index (χ0n) is 28.1. The number of methoxy groups -OCH3 is 1. The molecule has 8 fully saturated rings. The van der Waals surface area contributed by atoms with Crippen LogP contribution in [0.25, 0.3) is 0 Å². The predicted molar refractivity (Wildman–Crippen MR) is 179 cm³/mol. The summed E-state index contributed by atoms with van der Waals surface area (Å²) >= 11 is 0. The number of rotatable bonds is 3. The second kappa shape index (κ2) is 7.70. The monoisotopic (exact) mass is 644 g/mol. The Morgan fingerprint density at radius 2 is 1.85 bits per heavy atom. The summed E-state index contributed by atoms with van der Waals surface area (Å²) in [5.74, 6) is 0.169. The maximum absolute atomic E-state index is 14.0. The van der Waals surface area contributed by atoms with E-state index in [-0.39, 0.29) is 39.4 Å². The first kappa shape index (κ1) is 26.9. The molecule has 2 aromatic rings. The zero-order valence-corrected chi connectivity index (χ0v) is 28.1. The van der Waals surface area contributed by atoms with Gasteiger partial charge in [-0.1, -0.05) is 50.2 Å². The minimum Gasteiger partial charge on any atom is -0.466 e. The van der Waals surface area contributed by atoms with Gasteiger partial charge >= 0.3 is 5.97 Å². The first-order chi connectivity index (χ1) is 23.4. The van der Waals surface area contributed by atoms with Crippen LogP contribution in [0, 0.1) is 11.3 Å². The Kier molecular flexibility index (Phi) is 4.32. The molecule has 1 saturated carbocycles. The highest BCUT2D eigenvalue weighted by molar-refractivity contribution is 5.94. The fourth-order valence-corrected chi connectivity index (χ4v) is 16.0. The molecule has 7 saturated heterocycles. The lowest BCUT2D eigenvalue weighted by Gasteiger charge is -2.65. The maximum Gasteiger partial charge on any atom is 0.335 e. The Morgan fingerprint density at radius 3 is 2.69 bits per heavy atom. The van der Waals surface area contributed by atoms with Gasteiger partial charge in [0, 0.05) is 60.0 Å². The van der Waals surface area contributed by atoms with Crippen LogP contribution in [-0.4, -0.2) is 89.7 Å². The van der Waals surface area contributed by atoms with Gasteiger partial charge in [0.25, 0.3) is 0 Å². The summed E-state index contributed by atoms with van der Waals surface area (Å²) in [6.07, 6.45) is 7.78. The molecule has 1 N–H and O–H groups in total. The Balaban J connectivity index is 1.19. The van der Waals surface area contributed by atoms with Crippen LogP contribution in [0.1, 0.15) is 69.9 Å². The molecule has 0 amide bonds. The van der Waals surface area contributed by atoms with Gasteiger partial charge in [-0.2, -0.15) is 0 Å². The van der Waals surface area contributed by atoms with E-state index in [4.69, 9.17) is 14.2 Å². The Morgan fingerprint density at radius 1 is 1.02 bits per heavy atom. The summed E-state index contributed by atoms with van der Waals surface area (Å²) in [4.78, 5) is 22.8. The van der Waals surface area contributed by atoms with E-state index < -0.39 is 5.72 Å². The average Bonchev–Trinajstić information content (AvgIpc) is 3.37. The Bertz CT molecular complexity index is 1950. The predicted octanol–water partition coefficient (Wildman–Crippen LogP) is 4.68. The van der Waals surface area contributed by atoms with E-state index in [0.29, 0.717) is 36.6 Å². The number of hydrogen-bond donors (Lipinski definition) is 1. The van der Waals surface area contributed by atoms with Crippen molar-refractivity contribution < 1.29 is 19.0 Å². The second-order valence-corrected chi connectivity index (χ2v) is 17.5. The van der Waals surface area contributed by atoms with Crippen LogP contribution in [0.15, 0.2) is 59.8 Å². The van der Waals surface area contributed by atoms with Gasteiger partial charge in [-0.05, 0) is 68.3 Å². The number of fused-ring (bicyclic) bond motifs is 5. The standard InChI is InChI=1S/C40H44N4O4/c1-4-35-19-25-30-37(5-2)21-36-18-22(32(45)46-3)29-38(14-17-43(30)36,23-10-6-8-12-26(23)41-29)34(36)44-27-13-9-7-11-24(27)39(40(25,44)48-37)15-16-42(33(35)39)20-28-31(35)47-28/h6-13,25,28,30-31,33-34,41H,4-5,14-21H2,1-3H3/t25-,28+,30-,31+,33-,34+,35+,36-,37-,38+,39+,40+/m0/s1. The van der Waals surface area contributed by atoms with Gasteiger partial charge in [-0.25, -0.2) is 4.79 Å². The van der Waals surface area contributed by atoms with Crippen molar-refractivity contribution in [1.82, 2.24) is 9.80 Å². The van der Waals surface area contributed by atoms with E-state index in [0.717, 1.165) is 75.1 Å². The van der Waals surface area contributed by atoms with Crippen molar-refractivity contribution in [3.8, 4) is 0 Å². The molecule has 48 heavy (non-hydrogen) atoms. The van der Waals surface area contributed by atoms with Crippen LogP contribution in [0.5, 0.6) is 0 Å². The van der Waals surface area contributed by atoms with Crippen molar-refractivity contribution in [3.63, 3.8) is 0 Å². The number of anilines is 2. The van der Waals surface area contributed by atoms with Gasteiger partial charge in [-0.15, -0.1) is 0 Å². The van der Waals surface area contributed by atoms with Gasteiger partial charge in [0.15, 0.2) is 5.72 Å². The van der Waals surface area contributed by atoms with Crippen molar-refractivity contribution >= 4 is 17.3 Å². The van der Waals surface area contributed by atoms with E-state index in [1.165, 1.54) is 16.8 Å². The summed E-state index contributed by atoms with van der Waals surface area (Å²) in [6.45, 7) is 8.04. The van der Waals surface area contributed by atoms with Crippen molar-refractivity contribution in [1.29, 1.82) is 0 Å². The molecule has 9 aliphatic heterocycles. The maximum atomic E-state index is 14.0. The summed E-state index contributed by atoms with van der Waals surface area (Å²) < 4.78 is 20.7. The largest absolute Gasteiger partial charge is 0.466 e. The first-order valence-electron chi connectivity index (χ1n) is 18.8. The van der Waals surface area contributed by atoms with Crippen LogP contribution in [0.2, 0.25) is 0 Å². The lowest BCUT2D eigenvalue weighted by atomic mass is 9.47. The highest BCUT2D eigenvalue weighted by Crippen LogP contribution is 2.83. The average molecular weight is 645 g/mol. The third kappa shape index (κ3) is 2.25. The highest BCUT2D eigenvalue weighted by Gasteiger charge is 2.92. The minimum atomic E-state index is -0.457. The van der Waals surface area contributed by atoms with Crippen LogP contribution in [0.4, 0.5) is 11.4 Å². The second-order valence-electron chi connectivity index (χ2n) is 17.5. The lowest BCUT2D eigenvalue weighted by Crippen LogP contribution is -2.79. The van der Waals surface area contributed by atoms with E-state index in [2.05, 4.69) is 82.4 Å².